The van der Waals surface area contributed by atoms with E-state index in [9.17, 15) is 4.79 Å². The van der Waals surface area contributed by atoms with Gasteiger partial charge in [0.1, 0.15) is 11.4 Å². The molecule has 1 aliphatic rings. The van der Waals surface area contributed by atoms with Gasteiger partial charge in [0.25, 0.3) is 0 Å². The topological polar surface area (TPSA) is 47.4 Å². The van der Waals surface area contributed by atoms with Crippen molar-refractivity contribution in [1.29, 1.82) is 0 Å². The molecule has 0 fully saturated rings. The van der Waals surface area contributed by atoms with Crippen LogP contribution in [-0.4, -0.2) is 32.7 Å². The minimum absolute atomic E-state index is 0.260. The number of aryl methyl sites for hydroxylation is 2. The third-order valence-corrected chi connectivity index (χ3v) is 4.55. The number of amides is 1. The van der Waals surface area contributed by atoms with E-state index in [0.717, 1.165) is 24.5 Å². The Bertz CT molecular complexity index is 787. The van der Waals surface area contributed by atoms with Gasteiger partial charge in [-0.25, -0.2) is 9.78 Å². The normalized spacial score (nSPS) is 14.4. The second kappa shape index (κ2) is 6.54. The maximum Gasteiger partial charge on any atom is 0.410 e. The first kappa shape index (κ1) is 17.5. The van der Waals surface area contributed by atoms with Crippen LogP contribution < -0.4 is 0 Å². The molecule has 25 heavy (non-hydrogen) atoms. The summed E-state index contributed by atoms with van der Waals surface area (Å²) >= 11 is 0. The lowest BCUT2D eigenvalue weighted by atomic mass is 10.1. The van der Waals surface area contributed by atoms with Crippen LogP contribution in [0.25, 0.3) is 0 Å². The summed E-state index contributed by atoms with van der Waals surface area (Å²) in [6.07, 6.45) is 0.547. The van der Waals surface area contributed by atoms with Crippen molar-refractivity contribution in [2.75, 3.05) is 6.54 Å². The summed E-state index contributed by atoms with van der Waals surface area (Å²) in [6, 6.07) is 8.44. The molecule has 1 aliphatic heterocycles. The first-order chi connectivity index (χ1) is 11.7. The molecule has 0 saturated carbocycles. The molecule has 0 bridgehead atoms. The molecule has 134 valence electrons. The van der Waals surface area contributed by atoms with E-state index in [1.165, 1.54) is 16.8 Å². The molecule has 1 aromatic carbocycles. The van der Waals surface area contributed by atoms with Gasteiger partial charge in [0.05, 0.1) is 12.2 Å². The number of aromatic nitrogens is 2. The van der Waals surface area contributed by atoms with Crippen LogP contribution in [0.2, 0.25) is 0 Å². The molecule has 1 aromatic heterocycles. The minimum atomic E-state index is -0.475. The van der Waals surface area contributed by atoms with Crippen LogP contribution in [0.3, 0.4) is 0 Å². The Morgan fingerprint density at radius 1 is 1.24 bits per heavy atom. The number of hydrogen-bond acceptors (Lipinski definition) is 3. The van der Waals surface area contributed by atoms with Crippen molar-refractivity contribution in [3.63, 3.8) is 0 Å². The second-order valence-corrected chi connectivity index (χ2v) is 7.72. The second-order valence-electron chi connectivity index (χ2n) is 7.72. The fourth-order valence-electron chi connectivity index (χ4n) is 3.23. The van der Waals surface area contributed by atoms with Gasteiger partial charge >= 0.3 is 6.09 Å². The quantitative estimate of drug-likeness (QED) is 0.834. The summed E-state index contributed by atoms with van der Waals surface area (Å²) < 4.78 is 7.77. The number of nitrogens with zero attached hydrogens (tertiary/aromatic N) is 3. The van der Waals surface area contributed by atoms with Crippen molar-refractivity contribution in [1.82, 2.24) is 14.5 Å². The number of fused-ring (bicyclic) bond motifs is 1. The molecule has 0 unspecified atom stereocenters. The highest BCUT2D eigenvalue weighted by atomic mass is 16.6. The zero-order valence-electron chi connectivity index (χ0n) is 15.8. The van der Waals surface area contributed by atoms with Gasteiger partial charge in [0, 0.05) is 25.2 Å². The van der Waals surface area contributed by atoms with Gasteiger partial charge < -0.3 is 14.2 Å². The Balaban J connectivity index is 1.80. The summed E-state index contributed by atoms with van der Waals surface area (Å²) in [7, 11) is 0. The Kier molecular flexibility index (Phi) is 4.58. The van der Waals surface area contributed by atoms with Crippen molar-refractivity contribution in [3.8, 4) is 0 Å². The lowest BCUT2D eigenvalue weighted by Crippen LogP contribution is -2.40. The predicted octanol–water partition coefficient (Wildman–Crippen LogP) is 3.84. The van der Waals surface area contributed by atoms with E-state index in [1.54, 1.807) is 4.90 Å². The third kappa shape index (κ3) is 3.86. The maximum absolute atomic E-state index is 12.3. The Labute approximate surface area is 149 Å². The minimum Gasteiger partial charge on any atom is -0.444 e. The number of benzene rings is 1. The van der Waals surface area contributed by atoms with E-state index >= 15 is 0 Å². The first-order valence-corrected chi connectivity index (χ1v) is 8.82. The van der Waals surface area contributed by atoms with E-state index in [1.807, 2.05) is 27.7 Å². The predicted molar refractivity (Wildman–Crippen MR) is 97.6 cm³/mol. The van der Waals surface area contributed by atoms with Gasteiger partial charge in [0.15, 0.2) is 0 Å². The highest BCUT2D eigenvalue weighted by Gasteiger charge is 2.29. The SMILES string of the molecule is Cc1ccccc1Cn1c(C)nc2c1CCN(C(=O)OC(C)(C)C)C2. The van der Waals surface area contributed by atoms with Crippen LogP contribution in [0.5, 0.6) is 0 Å². The van der Waals surface area contributed by atoms with Gasteiger partial charge in [-0.2, -0.15) is 0 Å². The number of imidazole rings is 1. The van der Waals surface area contributed by atoms with Crippen molar-refractivity contribution in [3.05, 3.63) is 52.6 Å². The molecule has 0 atom stereocenters. The number of carbonyl (C=O) groups is 1. The van der Waals surface area contributed by atoms with Gasteiger partial charge in [-0.1, -0.05) is 24.3 Å². The molecule has 0 saturated heterocycles. The van der Waals surface area contributed by atoms with Gasteiger partial charge in [-0.3, -0.25) is 0 Å². The van der Waals surface area contributed by atoms with Gasteiger partial charge in [-0.15, -0.1) is 0 Å². The molecule has 0 N–H and O–H groups in total. The van der Waals surface area contributed by atoms with Crippen LogP contribution in [0, 0.1) is 13.8 Å². The molecule has 0 spiro atoms. The van der Waals surface area contributed by atoms with E-state index in [4.69, 9.17) is 9.72 Å². The summed E-state index contributed by atoms with van der Waals surface area (Å²) in [4.78, 5) is 18.8. The van der Waals surface area contributed by atoms with Crippen LogP contribution >= 0.6 is 0 Å². The number of carbonyl (C=O) groups excluding carboxylic acids is 1. The highest BCUT2D eigenvalue weighted by Crippen LogP contribution is 2.23. The molecule has 0 radical (unpaired) electrons. The smallest absolute Gasteiger partial charge is 0.410 e. The summed E-state index contributed by atoms with van der Waals surface area (Å²) in [6.45, 7) is 11.9. The lowest BCUT2D eigenvalue weighted by molar-refractivity contribution is 0.0220. The van der Waals surface area contributed by atoms with Crippen molar-refractivity contribution in [2.24, 2.45) is 0 Å². The molecule has 0 aliphatic carbocycles. The Hall–Kier alpha value is -2.30. The Morgan fingerprint density at radius 2 is 1.96 bits per heavy atom. The molecule has 5 heteroatoms. The maximum atomic E-state index is 12.3. The van der Waals surface area contributed by atoms with Crippen LogP contribution in [0.15, 0.2) is 24.3 Å². The molecule has 5 nitrogen and oxygen atoms in total. The van der Waals surface area contributed by atoms with E-state index in [-0.39, 0.29) is 6.09 Å². The molecular weight excluding hydrogens is 314 g/mol. The fourth-order valence-corrected chi connectivity index (χ4v) is 3.23. The highest BCUT2D eigenvalue weighted by molar-refractivity contribution is 5.68. The summed E-state index contributed by atoms with van der Waals surface area (Å²) in [5.41, 5.74) is 4.34. The van der Waals surface area contributed by atoms with Crippen LogP contribution in [-0.2, 0) is 24.2 Å². The lowest BCUT2D eigenvalue weighted by Gasteiger charge is -2.30. The van der Waals surface area contributed by atoms with E-state index in [2.05, 4.69) is 35.8 Å². The zero-order chi connectivity index (χ0) is 18.2. The van der Waals surface area contributed by atoms with Crippen molar-refractivity contribution < 1.29 is 9.53 Å². The third-order valence-electron chi connectivity index (χ3n) is 4.55. The molecular formula is C20H27N3O2. The molecule has 2 aromatic rings. The van der Waals surface area contributed by atoms with Gasteiger partial charge in [0.2, 0.25) is 0 Å². The van der Waals surface area contributed by atoms with Crippen molar-refractivity contribution >= 4 is 6.09 Å². The zero-order valence-corrected chi connectivity index (χ0v) is 15.8. The fraction of sp³-hybridized carbons (Fsp3) is 0.500. The molecule has 1 amide bonds. The largest absolute Gasteiger partial charge is 0.444 e. The number of ether oxygens (including phenoxy) is 1. The first-order valence-electron chi connectivity index (χ1n) is 8.82. The monoisotopic (exact) mass is 341 g/mol. The Morgan fingerprint density at radius 3 is 2.64 bits per heavy atom. The average Bonchev–Trinajstić information content (AvgIpc) is 2.83. The number of hydrogen-bond donors (Lipinski definition) is 0. The summed E-state index contributed by atoms with van der Waals surface area (Å²) in [5.74, 6) is 0.999. The van der Waals surface area contributed by atoms with Crippen LogP contribution in [0.1, 0.15) is 49.1 Å². The van der Waals surface area contributed by atoms with Gasteiger partial charge in [-0.05, 0) is 45.7 Å². The van der Waals surface area contributed by atoms with Crippen molar-refractivity contribution in [2.45, 2.75) is 59.7 Å². The number of rotatable bonds is 2. The standard InChI is InChI=1S/C20H27N3O2/c1-14-8-6-7-9-16(14)12-23-15(2)21-17-13-22(11-10-18(17)23)19(24)25-20(3,4)5/h6-9H,10-13H2,1-5H3. The van der Waals surface area contributed by atoms with E-state index in [0.29, 0.717) is 13.1 Å². The average molecular weight is 341 g/mol. The van der Waals surface area contributed by atoms with E-state index < -0.39 is 5.60 Å². The molecule has 2 heterocycles. The molecule has 3 rings (SSSR count). The van der Waals surface area contributed by atoms with Crippen LogP contribution in [0.4, 0.5) is 4.79 Å². The summed E-state index contributed by atoms with van der Waals surface area (Å²) in [5, 5.41) is 0.